The van der Waals surface area contributed by atoms with Gasteiger partial charge in [0, 0.05) is 31.3 Å². The molecular formula is C26H40N4O4S2. The number of thiol groups is 1. The molecule has 1 heterocycles. The minimum atomic E-state index is -1.06. The van der Waals surface area contributed by atoms with E-state index in [0.29, 0.717) is 37.4 Å². The zero-order valence-electron chi connectivity index (χ0n) is 21.0. The van der Waals surface area contributed by atoms with Crippen LogP contribution >= 0.6 is 24.4 Å². The first-order chi connectivity index (χ1) is 17.3. The lowest BCUT2D eigenvalue weighted by molar-refractivity contribution is -0.147. The van der Waals surface area contributed by atoms with Gasteiger partial charge in [0.1, 0.15) is 12.1 Å². The first kappa shape index (κ1) is 28.8. The van der Waals surface area contributed by atoms with Gasteiger partial charge in [0.2, 0.25) is 11.8 Å². The summed E-state index contributed by atoms with van der Waals surface area (Å²) in [6, 6.07) is 5.45. The number of carbonyl (C=O) groups excluding carboxylic acids is 2. The summed E-state index contributed by atoms with van der Waals surface area (Å²) >= 11 is 5.81. The molecule has 0 unspecified atom stereocenters. The first-order valence-electron chi connectivity index (χ1n) is 12.8. The predicted molar refractivity (Wildman–Crippen MR) is 147 cm³/mol. The van der Waals surface area contributed by atoms with Crippen molar-refractivity contribution in [1.82, 2.24) is 15.5 Å². The molecule has 0 bridgehead atoms. The third-order valence-electron chi connectivity index (χ3n) is 7.28. The average Bonchev–Trinajstić information content (AvgIpc) is 2.90. The van der Waals surface area contributed by atoms with Crippen molar-refractivity contribution in [2.45, 2.75) is 75.7 Å². The quantitative estimate of drug-likeness (QED) is 0.259. The van der Waals surface area contributed by atoms with Gasteiger partial charge in [0.05, 0.1) is 6.04 Å². The van der Waals surface area contributed by atoms with Crippen LogP contribution in [0, 0.1) is 5.92 Å². The van der Waals surface area contributed by atoms with Crippen LogP contribution in [0.5, 0.6) is 0 Å². The highest BCUT2D eigenvalue weighted by Crippen LogP contribution is 2.30. The summed E-state index contributed by atoms with van der Waals surface area (Å²) in [5, 5.41) is 15.8. The number of nitrogens with one attached hydrogen (secondary N) is 2. The molecule has 1 aliphatic heterocycles. The maximum absolute atomic E-state index is 14.1. The standard InChI is InChI=1S/C26H40N4O4S2/c1-36-12-11-21(26(33)34)29-24(31)22-13-18-9-5-6-10-19(18)15-30(22)25(32)23(28-14-20(27)16-35)17-7-3-2-4-8-17/h5-6,9-10,17,20-23,28,35H,2-4,7-8,11-16,27H2,1H3,(H,29,31)(H,33,34)/t20-,21+,22+,23-/m1/s1. The number of thioether (sulfide) groups is 1. The number of hydrogen-bond acceptors (Lipinski definition) is 7. The van der Waals surface area contributed by atoms with Gasteiger partial charge in [-0.2, -0.15) is 24.4 Å². The number of fused-ring (bicyclic) bond motifs is 1. The number of nitrogens with zero attached hydrogens (tertiary/aromatic N) is 1. The molecule has 1 aliphatic carbocycles. The fraction of sp³-hybridized carbons (Fsp3) is 0.654. The van der Waals surface area contributed by atoms with Crippen molar-refractivity contribution in [3.8, 4) is 0 Å². The van der Waals surface area contributed by atoms with Crippen molar-refractivity contribution in [1.29, 1.82) is 0 Å². The maximum atomic E-state index is 14.1. The largest absolute Gasteiger partial charge is 0.480 e. The highest BCUT2D eigenvalue weighted by atomic mass is 32.2. The second-order valence-corrected chi connectivity index (χ2v) is 11.2. The van der Waals surface area contributed by atoms with Crippen LogP contribution in [-0.2, 0) is 27.3 Å². The summed E-state index contributed by atoms with van der Waals surface area (Å²) in [5.74, 6) is -0.291. The minimum absolute atomic E-state index is 0.112. The van der Waals surface area contributed by atoms with Gasteiger partial charge in [-0.3, -0.25) is 9.59 Å². The Kier molecular flexibility index (Phi) is 11.4. The van der Waals surface area contributed by atoms with Gasteiger partial charge in [0.25, 0.3) is 0 Å². The van der Waals surface area contributed by atoms with Crippen LogP contribution < -0.4 is 16.4 Å². The highest BCUT2D eigenvalue weighted by Gasteiger charge is 2.40. The van der Waals surface area contributed by atoms with E-state index in [4.69, 9.17) is 5.73 Å². The molecule has 8 nitrogen and oxygen atoms in total. The smallest absolute Gasteiger partial charge is 0.326 e. The number of nitrogens with two attached hydrogens (primary N) is 1. The number of carboxylic acid groups (broad SMARTS) is 1. The van der Waals surface area contributed by atoms with Crippen molar-refractivity contribution in [2.24, 2.45) is 11.7 Å². The molecule has 2 aliphatic rings. The van der Waals surface area contributed by atoms with Crippen LogP contribution in [-0.4, -0.2) is 76.3 Å². The third kappa shape index (κ3) is 7.63. The van der Waals surface area contributed by atoms with Crippen LogP contribution in [0.25, 0.3) is 0 Å². The van der Waals surface area contributed by atoms with Crippen LogP contribution in [0.1, 0.15) is 49.7 Å². The number of aliphatic carboxylic acids is 1. The Balaban J connectivity index is 1.87. The van der Waals surface area contributed by atoms with Crippen LogP contribution in [0.3, 0.4) is 0 Å². The average molecular weight is 537 g/mol. The van der Waals surface area contributed by atoms with Gasteiger partial charge in [0.15, 0.2) is 0 Å². The van der Waals surface area contributed by atoms with E-state index < -0.39 is 30.0 Å². The van der Waals surface area contributed by atoms with Gasteiger partial charge in [-0.15, -0.1) is 0 Å². The summed E-state index contributed by atoms with van der Waals surface area (Å²) in [6.07, 6.45) is 7.82. The number of carbonyl (C=O) groups is 3. The molecule has 3 rings (SSSR count). The van der Waals surface area contributed by atoms with Gasteiger partial charge < -0.3 is 26.4 Å². The first-order valence-corrected chi connectivity index (χ1v) is 14.9. The molecule has 5 N–H and O–H groups in total. The van der Waals surface area contributed by atoms with Crippen molar-refractivity contribution in [3.05, 3.63) is 35.4 Å². The number of carboxylic acids is 1. The fourth-order valence-electron chi connectivity index (χ4n) is 5.19. The van der Waals surface area contributed by atoms with Gasteiger partial charge in [-0.25, -0.2) is 4.79 Å². The normalized spacial score (nSPS) is 20.8. The molecule has 10 heteroatoms. The molecule has 36 heavy (non-hydrogen) atoms. The molecule has 0 saturated heterocycles. The van der Waals surface area contributed by atoms with E-state index in [1.54, 1.807) is 4.90 Å². The Hall–Kier alpha value is -1.75. The van der Waals surface area contributed by atoms with Gasteiger partial charge in [-0.1, -0.05) is 43.5 Å². The molecule has 1 saturated carbocycles. The highest BCUT2D eigenvalue weighted by molar-refractivity contribution is 7.98. The third-order valence-corrected chi connectivity index (χ3v) is 8.39. The zero-order valence-corrected chi connectivity index (χ0v) is 22.7. The Bertz CT molecular complexity index is 896. The van der Waals surface area contributed by atoms with Gasteiger partial charge >= 0.3 is 5.97 Å². The van der Waals surface area contributed by atoms with E-state index in [9.17, 15) is 19.5 Å². The molecule has 1 fully saturated rings. The predicted octanol–water partition coefficient (Wildman–Crippen LogP) is 2.06. The van der Waals surface area contributed by atoms with Crippen LogP contribution in [0.15, 0.2) is 24.3 Å². The van der Waals surface area contributed by atoms with Crippen molar-refractivity contribution in [2.75, 3.05) is 24.3 Å². The summed E-state index contributed by atoms with van der Waals surface area (Å²) in [4.78, 5) is 41.1. The molecule has 4 atom stereocenters. The Morgan fingerprint density at radius 2 is 1.89 bits per heavy atom. The topological polar surface area (TPSA) is 125 Å². The molecular weight excluding hydrogens is 496 g/mol. The van der Waals surface area contributed by atoms with Crippen LogP contribution in [0.4, 0.5) is 0 Å². The number of rotatable bonds is 12. The Morgan fingerprint density at radius 1 is 1.19 bits per heavy atom. The maximum Gasteiger partial charge on any atom is 0.326 e. The van der Waals surface area contributed by atoms with E-state index in [2.05, 4.69) is 23.3 Å². The van der Waals surface area contributed by atoms with Crippen molar-refractivity contribution >= 4 is 42.2 Å². The van der Waals surface area contributed by atoms with E-state index in [0.717, 1.165) is 36.8 Å². The van der Waals surface area contributed by atoms with Crippen molar-refractivity contribution in [3.63, 3.8) is 0 Å². The summed E-state index contributed by atoms with van der Waals surface area (Å²) in [7, 11) is 0. The lowest BCUT2D eigenvalue weighted by atomic mass is 9.82. The molecule has 0 spiro atoms. The number of hydrogen-bond donors (Lipinski definition) is 5. The minimum Gasteiger partial charge on any atom is -0.480 e. The lowest BCUT2D eigenvalue weighted by Gasteiger charge is -2.41. The molecule has 0 radical (unpaired) electrons. The monoisotopic (exact) mass is 536 g/mol. The summed E-state index contributed by atoms with van der Waals surface area (Å²) in [5.41, 5.74) is 8.13. The van der Waals surface area contributed by atoms with Gasteiger partial charge in [-0.05, 0) is 48.3 Å². The molecule has 200 valence electrons. The molecule has 1 aromatic carbocycles. The Labute approximate surface area is 223 Å². The number of amides is 2. The van der Waals surface area contributed by atoms with Crippen molar-refractivity contribution < 1.29 is 19.5 Å². The zero-order chi connectivity index (χ0) is 26.1. The van der Waals surface area contributed by atoms with Crippen LogP contribution in [0.2, 0.25) is 0 Å². The van der Waals surface area contributed by atoms with E-state index >= 15 is 0 Å². The molecule has 1 aromatic rings. The summed E-state index contributed by atoms with van der Waals surface area (Å²) in [6.45, 7) is 0.784. The molecule has 0 aromatic heterocycles. The number of benzene rings is 1. The SMILES string of the molecule is CSCC[C@H](NC(=O)[C@@H]1Cc2ccccc2CN1C(=O)[C@H](NC[C@@H](N)CS)C1CCCCC1)C(=O)O. The van der Waals surface area contributed by atoms with E-state index in [1.807, 2.05) is 30.5 Å². The van der Waals surface area contributed by atoms with E-state index in [-0.39, 0.29) is 17.9 Å². The van der Waals surface area contributed by atoms with E-state index in [1.165, 1.54) is 18.2 Å². The second kappa shape index (κ2) is 14.3. The lowest BCUT2D eigenvalue weighted by Crippen LogP contribution is -2.60. The Morgan fingerprint density at radius 3 is 2.53 bits per heavy atom. The fourth-order valence-corrected chi connectivity index (χ4v) is 5.79. The molecule has 2 amide bonds. The summed E-state index contributed by atoms with van der Waals surface area (Å²) < 4.78 is 0. The second-order valence-electron chi connectivity index (χ2n) is 9.86.